The molecule has 0 bridgehead atoms. The van der Waals surface area contributed by atoms with E-state index >= 15 is 0 Å². The molecule has 0 spiro atoms. The zero-order chi connectivity index (χ0) is 22.9. The van der Waals surface area contributed by atoms with Crippen LogP contribution in [0.2, 0.25) is 0 Å². The Hall–Kier alpha value is -2.44. The number of hydrogen-bond donors (Lipinski definition) is 1. The van der Waals surface area contributed by atoms with E-state index in [4.69, 9.17) is 5.11 Å². The molecule has 1 N–H and O–H groups in total. The molecule has 3 aromatic carbocycles. The van der Waals surface area contributed by atoms with Gasteiger partial charge in [-0.05, 0) is 0 Å². The van der Waals surface area contributed by atoms with Crippen molar-refractivity contribution in [2.24, 2.45) is 0 Å². The number of hydrogen-bond acceptors (Lipinski definition) is 1. The van der Waals surface area contributed by atoms with Gasteiger partial charge in [0.05, 0.1) is 0 Å². The van der Waals surface area contributed by atoms with Gasteiger partial charge in [-0.1, -0.05) is 0 Å². The molecule has 1 aliphatic heterocycles. The molecule has 3 heteroatoms. The van der Waals surface area contributed by atoms with Gasteiger partial charge >= 0.3 is 190 Å². The SMILES string of the molecule is O=C(O)CCCCCCCCCCC[PH]1(c2ccccc2)c2ccccc2-c2ccccc21. The molecular weight excluding hydrogens is 423 g/mol. The minimum absolute atomic E-state index is 0.319. The van der Waals surface area contributed by atoms with E-state index in [-0.39, 0.29) is 0 Å². The van der Waals surface area contributed by atoms with Gasteiger partial charge in [0, 0.05) is 0 Å². The van der Waals surface area contributed by atoms with E-state index in [9.17, 15) is 4.79 Å². The van der Waals surface area contributed by atoms with Crippen LogP contribution in [0.5, 0.6) is 0 Å². The quantitative estimate of drug-likeness (QED) is 0.228. The van der Waals surface area contributed by atoms with Gasteiger partial charge in [0.25, 0.3) is 0 Å². The van der Waals surface area contributed by atoms with Gasteiger partial charge in [-0.25, -0.2) is 0 Å². The van der Waals surface area contributed by atoms with Crippen molar-refractivity contribution in [1.82, 2.24) is 0 Å². The van der Waals surface area contributed by atoms with Crippen LogP contribution in [-0.2, 0) is 4.79 Å². The van der Waals surface area contributed by atoms with Crippen molar-refractivity contribution in [3.05, 3.63) is 78.9 Å². The second-order valence-electron chi connectivity index (χ2n) is 9.44. The van der Waals surface area contributed by atoms with Crippen molar-refractivity contribution < 1.29 is 9.90 Å². The summed E-state index contributed by atoms with van der Waals surface area (Å²) in [5, 5.41) is 13.5. The summed E-state index contributed by atoms with van der Waals surface area (Å²) < 4.78 is 0. The third kappa shape index (κ3) is 5.39. The van der Waals surface area contributed by atoms with E-state index in [0.29, 0.717) is 6.42 Å². The molecule has 1 heterocycles. The zero-order valence-electron chi connectivity index (χ0n) is 19.6. The van der Waals surface area contributed by atoms with E-state index in [2.05, 4.69) is 78.9 Å². The third-order valence-corrected chi connectivity index (χ3v) is 12.4. The molecule has 0 atom stereocenters. The van der Waals surface area contributed by atoms with Gasteiger partial charge in [-0.2, -0.15) is 0 Å². The molecule has 0 amide bonds. The minimum atomic E-state index is -2.00. The van der Waals surface area contributed by atoms with E-state index < -0.39 is 13.2 Å². The number of benzene rings is 3. The molecule has 0 saturated heterocycles. The number of aliphatic carboxylic acids is 1. The molecule has 1 aliphatic rings. The van der Waals surface area contributed by atoms with Crippen LogP contribution in [0, 0.1) is 0 Å². The van der Waals surface area contributed by atoms with Crippen LogP contribution in [0.3, 0.4) is 0 Å². The van der Waals surface area contributed by atoms with Crippen LogP contribution in [0.1, 0.15) is 64.2 Å². The molecule has 0 saturated carbocycles. The Labute approximate surface area is 199 Å². The Morgan fingerprint density at radius 2 is 1.03 bits per heavy atom. The fourth-order valence-corrected chi connectivity index (χ4v) is 11.1. The van der Waals surface area contributed by atoms with Crippen molar-refractivity contribution in [1.29, 1.82) is 0 Å². The molecule has 0 aliphatic carbocycles. The number of fused-ring (bicyclic) bond motifs is 3. The normalized spacial score (nSPS) is 14.4. The van der Waals surface area contributed by atoms with Crippen LogP contribution >= 0.6 is 7.26 Å². The van der Waals surface area contributed by atoms with Crippen LogP contribution < -0.4 is 15.9 Å². The van der Waals surface area contributed by atoms with Gasteiger partial charge in [0.1, 0.15) is 0 Å². The molecule has 0 fully saturated rings. The first-order valence-electron chi connectivity index (χ1n) is 12.7. The predicted molar refractivity (Wildman–Crippen MR) is 144 cm³/mol. The average Bonchev–Trinajstić information content (AvgIpc) is 3.14. The van der Waals surface area contributed by atoms with E-state index in [1.54, 1.807) is 15.9 Å². The van der Waals surface area contributed by atoms with Crippen LogP contribution in [-0.4, -0.2) is 17.2 Å². The predicted octanol–water partition coefficient (Wildman–Crippen LogP) is 6.68. The molecular formula is C30H37O2P. The van der Waals surface area contributed by atoms with Crippen LogP contribution in [0.25, 0.3) is 11.1 Å². The van der Waals surface area contributed by atoms with Crippen molar-refractivity contribution in [3.8, 4) is 11.1 Å². The first-order chi connectivity index (χ1) is 16.2. The summed E-state index contributed by atoms with van der Waals surface area (Å²) in [7, 11) is -2.00. The molecule has 2 nitrogen and oxygen atoms in total. The van der Waals surface area contributed by atoms with Gasteiger partial charge in [-0.15, -0.1) is 0 Å². The summed E-state index contributed by atoms with van der Waals surface area (Å²) >= 11 is 0. The summed E-state index contributed by atoms with van der Waals surface area (Å²) in [5.41, 5.74) is 2.90. The fourth-order valence-electron chi connectivity index (χ4n) is 5.68. The molecule has 0 aromatic heterocycles. The Balaban J connectivity index is 1.38. The van der Waals surface area contributed by atoms with E-state index in [1.165, 1.54) is 62.2 Å². The van der Waals surface area contributed by atoms with Crippen LogP contribution in [0.15, 0.2) is 78.9 Å². The monoisotopic (exact) mass is 460 g/mol. The maximum atomic E-state index is 10.6. The molecule has 4 rings (SSSR count). The molecule has 174 valence electrons. The fraction of sp³-hybridized carbons (Fsp3) is 0.367. The second-order valence-corrected chi connectivity index (χ2v) is 13.4. The topological polar surface area (TPSA) is 37.3 Å². The molecule has 3 aromatic rings. The number of carbonyl (C=O) groups is 1. The van der Waals surface area contributed by atoms with Gasteiger partial charge in [0.15, 0.2) is 0 Å². The zero-order valence-corrected chi connectivity index (χ0v) is 20.6. The van der Waals surface area contributed by atoms with E-state index in [0.717, 1.165) is 12.8 Å². The Morgan fingerprint density at radius 1 is 0.576 bits per heavy atom. The van der Waals surface area contributed by atoms with E-state index in [1.807, 2.05) is 0 Å². The first kappa shape index (κ1) is 23.7. The van der Waals surface area contributed by atoms with Crippen molar-refractivity contribution in [3.63, 3.8) is 0 Å². The number of rotatable bonds is 13. The molecule has 0 radical (unpaired) electrons. The summed E-state index contributed by atoms with van der Waals surface area (Å²) in [4.78, 5) is 10.6. The number of carboxylic acid groups (broad SMARTS) is 1. The first-order valence-corrected chi connectivity index (χ1v) is 14.9. The second kappa shape index (κ2) is 11.6. The van der Waals surface area contributed by atoms with Gasteiger partial charge in [0.2, 0.25) is 0 Å². The summed E-state index contributed by atoms with van der Waals surface area (Å²) in [6.07, 6.45) is 12.3. The Morgan fingerprint density at radius 3 is 1.58 bits per heavy atom. The van der Waals surface area contributed by atoms with Crippen LogP contribution in [0.4, 0.5) is 0 Å². The van der Waals surface area contributed by atoms with Crippen molar-refractivity contribution in [2.45, 2.75) is 64.2 Å². The average molecular weight is 461 g/mol. The summed E-state index contributed by atoms with van der Waals surface area (Å²) in [6.45, 7) is 0. The Kier molecular flexibility index (Phi) is 8.35. The molecule has 33 heavy (non-hydrogen) atoms. The van der Waals surface area contributed by atoms with Gasteiger partial charge in [-0.3, -0.25) is 4.79 Å². The Bertz CT molecular complexity index is 998. The summed E-state index contributed by atoms with van der Waals surface area (Å²) in [5.74, 6) is -0.667. The number of carboxylic acids is 1. The third-order valence-electron chi connectivity index (χ3n) is 7.27. The van der Waals surface area contributed by atoms with Crippen molar-refractivity contribution in [2.75, 3.05) is 6.16 Å². The van der Waals surface area contributed by atoms with Crippen molar-refractivity contribution >= 4 is 29.1 Å². The number of unbranched alkanes of at least 4 members (excludes halogenated alkanes) is 8. The standard InChI is InChI=1S/C30H37O2P/c31-30(32)23-11-6-4-2-1-3-5-7-16-24-33(25-17-9-8-10-18-25)28-21-14-12-19-26(28)27-20-13-15-22-29(27)33/h8-10,12-15,17-22,33H,1-7,11,16,23-24H2,(H,31,32). The molecule has 0 unspecified atom stereocenters. The summed E-state index contributed by atoms with van der Waals surface area (Å²) in [6, 6.07) is 29.6. The van der Waals surface area contributed by atoms with Gasteiger partial charge < -0.3 is 5.11 Å². The maximum absolute atomic E-state index is 10.6.